The van der Waals surface area contributed by atoms with Gasteiger partial charge in [-0.3, -0.25) is 4.90 Å². The minimum Gasteiger partial charge on any atom is -0.296 e. The molecular formula is C9H20N2OS. The van der Waals surface area contributed by atoms with E-state index in [-0.39, 0.29) is 0 Å². The van der Waals surface area contributed by atoms with Gasteiger partial charge in [0.1, 0.15) is 0 Å². The van der Waals surface area contributed by atoms with Crippen LogP contribution in [0.2, 0.25) is 0 Å². The van der Waals surface area contributed by atoms with Gasteiger partial charge < -0.3 is 0 Å². The number of piperazine rings is 1. The van der Waals surface area contributed by atoms with Gasteiger partial charge in [-0.05, 0) is 20.4 Å². The fraction of sp³-hybridized carbons (Fsp3) is 1.00. The quantitative estimate of drug-likeness (QED) is 0.661. The van der Waals surface area contributed by atoms with E-state index in [9.17, 15) is 4.21 Å². The van der Waals surface area contributed by atoms with Crippen molar-refractivity contribution < 1.29 is 4.21 Å². The Morgan fingerprint density at radius 1 is 1.31 bits per heavy atom. The molecule has 3 atom stereocenters. The zero-order valence-corrected chi connectivity index (χ0v) is 9.80. The number of likely N-dealkylation sites (N-methyl/N-ethyl adjacent to an activating group) is 1. The van der Waals surface area contributed by atoms with Crippen LogP contribution in [0.5, 0.6) is 0 Å². The molecule has 1 heterocycles. The van der Waals surface area contributed by atoms with Crippen LogP contribution < -0.4 is 0 Å². The topological polar surface area (TPSA) is 23.6 Å². The van der Waals surface area contributed by atoms with Crippen LogP contribution in [-0.4, -0.2) is 51.4 Å². The second-order valence-electron chi connectivity index (χ2n) is 3.80. The summed E-state index contributed by atoms with van der Waals surface area (Å²) in [5, 5.41) is 0. The van der Waals surface area contributed by atoms with E-state index < -0.39 is 11.0 Å². The van der Waals surface area contributed by atoms with Gasteiger partial charge in [-0.1, -0.05) is 6.92 Å². The Kier molecular flexibility index (Phi) is 3.88. The first kappa shape index (κ1) is 11.1. The van der Waals surface area contributed by atoms with Crippen LogP contribution in [-0.2, 0) is 11.0 Å². The van der Waals surface area contributed by atoms with Crippen molar-refractivity contribution in [2.24, 2.45) is 0 Å². The summed E-state index contributed by atoms with van der Waals surface area (Å²) in [5.74, 6) is 0. The molecule has 1 aliphatic heterocycles. The largest absolute Gasteiger partial charge is 0.296 e. The van der Waals surface area contributed by atoms with Gasteiger partial charge in [-0.2, -0.15) is 0 Å². The van der Waals surface area contributed by atoms with Crippen molar-refractivity contribution in [2.75, 3.05) is 25.9 Å². The van der Waals surface area contributed by atoms with Gasteiger partial charge in [0, 0.05) is 31.4 Å². The maximum atomic E-state index is 11.3. The van der Waals surface area contributed by atoms with Crippen LogP contribution in [0.4, 0.5) is 0 Å². The molecule has 13 heavy (non-hydrogen) atoms. The van der Waals surface area contributed by atoms with Gasteiger partial charge >= 0.3 is 0 Å². The first-order chi connectivity index (χ1) is 6.06. The summed E-state index contributed by atoms with van der Waals surface area (Å²) in [4.78, 5) is 2.46. The summed E-state index contributed by atoms with van der Waals surface area (Å²) < 4.78 is 13.4. The third kappa shape index (κ3) is 2.51. The summed E-state index contributed by atoms with van der Waals surface area (Å²) in [6.07, 6.45) is 1.76. The van der Waals surface area contributed by atoms with Crippen LogP contribution in [0.3, 0.4) is 0 Å². The fourth-order valence-corrected chi connectivity index (χ4v) is 2.99. The van der Waals surface area contributed by atoms with E-state index >= 15 is 0 Å². The summed E-state index contributed by atoms with van der Waals surface area (Å²) >= 11 is 0. The van der Waals surface area contributed by atoms with E-state index in [1.165, 1.54) is 0 Å². The second kappa shape index (κ2) is 4.53. The molecule has 0 amide bonds. The Balaban J connectivity index is 2.61. The van der Waals surface area contributed by atoms with Gasteiger partial charge in [0.25, 0.3) is 0 Å². The smallest absolute Gasteiger partial charge is 0.0911 e. The highest BCUT2D eigenvalue weighted by Gasteiger charge is 2.29. The highest BCUT2D eigenvalue weighted by atomic mass is 32.2. The number of rotatable bonds is 2. The standard InChI is InChI=1S/C9H20N2OS/c1-5-11-8(2)6-10(13(4)12)7-9(11)3/h8-9H,5-7H2,1-4H3/t8-,9+,13?. The lowest BCUT2D eigenvalue weighted by atomic mass is 10.1. The SMILES string of the molecule is CCN1[C@H](C)CN(S(C)=O)C[C@@H]1C. The predicted octanol–water partition coefficient (Wildman–Crippen LogP) is 0.694. The molecule has 0 N–H and O–H groups in total. The minimum atomic E-state index is -0.804. The molecule has 0 spiro atoms. The molecule has 1 saturated heterocycles. The first-order valence-corrected chi connectivity index (χ1v) is 6.42. The molecule has 0 radical (unpaired) electrons. The van der Waals surface area contributed by atoms with Crippen molar-refractivity contribution in [1.82, 2.24) is 9.21 Å². The third-order valence-corrected chi connectivity index (χ3v) is 3.82. The summed E-state index contributed by atoms with van der Waals surface area (Å²) in [6, 6.07) is 1.05. The highest BCUT2D eigenvalue weighted by molar-refractivity contribution is 7.81. The molecule has 3 nitrogen and oxygen atoms in total. The van der Waals surface area contributed by atoms with E-state index in [0.29, 0.717) is 12.1 Å². The van der Waals surface area contributed by atoms with Crippen molar-refractivity contribution in [3.63, 3.8) is 0 Å². The van der Waals surface area contributed by atoms with E-state index in [2.05, 4.69) is 30.0 Å². The molecule has 0 aromatic heterocycles. The van der Waals surface area contributed by atoms with E-state index in [1.54, 1.807) is 6.26 Å². The van der Waals surface area contributed by atoms with Gasteiger partial charge in [-0.15, -0.1) is 0 Å². The molecule has 0 bridgehead atoms. The van der Waals surface area contributed by atoms with E-state index in [4.69, 9.17) is 0 Å². The van der Waals surface area contributed by atoms with Gasteiger partial charge in [0.05, 0.1) is 11.0 Å². The zero-order valence-electron chi connectivity index (χ0n) is 8.99. The molecule has 78 valence electrons. The van der Waals surface area contributed by atoms with Gasteiger partial charge in [0.2, 0.25) is 0 Å². The van der Waals surface area contributed by atoms with Crippen molar-refractivity contribution in [2.45, 2.75) is 32.9 Å². The maximum absolute atomic E-state index is 11.3. The van der Waals surface area contributed by atoms with Crippen molar-refractivity contribution in [3.05, 3.63) is 0 Å². The van der Waals surface area contributed by atoms with Crippen LogP contribution in [0.1, 0.15) is 20.8 Å². The molecule has 1 aliphatic rings. The highest BCUT2D eigenvalue weighted by Crippen LogP contribution is 2.15. The fourth-order valence-electron chi connectivity index (χ4n) is 2.14. The zero-order chi connectivity index (χ0) is 10.0. The van der Waals surface area contributed by atoms with Gasteiger partial charge in [-0.25, -0.2) is 8.51 Å². The minimum absolute atomic E-state index is 0.526. The van der Waals surface area contributed by atoms with Crippen LogP contribution in [0.15, 0.2) is 0 Å². The molecule has 0 aliphatic carbocycles. The lowest BCUT2D eigenvalue weighted by molar-refractivity contribution is 0.0857. The Morgan fingerprint density at radius 2 is 1.77 bits per heavy atom. The predicted molar refractivity (Wildman–Crippen MR) is 56.9 cm³/mol. The van der Waals surface area contributed by atoms with Crippen molar-refractivity contribution in [3.8, 4) is 0 Å². The number of nitrogens with zero attached hydrogens (tertiary/aromatic N) is 2. The Morgan fingerprint density at radius 3 is 2.08 bits per heavy atom. The Bertz CT molecular complexity index is 186. The summed E-state index contributed by atoms with van der Waals surface area (Å²) in [7, 11) is -0.804. The average molecular weight is 204 g/mol. The third-order valence-electron chi connectivity index (χ3n) is 2.80. The summed E-state index contributed by atoms with van der Waals surface area (Å²) in [6.45, 7) is 9.55. The van der Waals surface area contributed by atoms with Crippen molar-refractivity contribution >= 4 is 11.0 Å². The van der Waals surface area contributed by atoms with E-state index in [0.717, 1.165) is 19.6 Å². The van der Waals surface area contributed by atoms with Crippen molar-refractivity contribution in [1.29, 1.82) is 0 Å². The lowest BCUT2D eigenvalue weighted by Gasteiger charge is -2.42. The normalized spacial score (nSPS) is 34.8. The number of hydrogen-bond acceptors (Lipinski definition) is 2. The van der Waals surface area contributed by atoms with E-state index in [1.807, 2.05) is 0 Å². The molecule has 1 fully saturated rings. The Hall–Kier alpha value is 0.0700. The average Bonchev–Trinajstić information content (AvgIpc) is 2.03. The molecule has 0 aromatic carbocycles. The molecular weight excluding hydrogens is 184 g/mol. The first-order valence-electron chi connectivity index (χ1n) is 4.90. The Labute approximate surface area is 83.7 Å². The van der Waals surface area contributed by atoms with Crippen LogP contribution >= 0.6 is 0 Å². The molecule has 0 aromatic rings. The molecule has 1 unspecified atom stereocenters. The monoisotopic (exact) mass is 204 g/mol. The molecule has 1 rings (SSSR count). The number of hydrogen-bond donors (Lipinski definition) is 0. The molecule has 0 saturated carbocycles. The maximum Gasteiger partial charge on any atom is 0.0911 e. The van der Waals surface area contributed by atoms with Gasteiger partial charge in [0.15, 0.2) is 0 Å². The summed E-state index contributed by atoms with van der Waals surface area (Å²) in [5.41, 5.74) is 0. The molecule has 4 heteroatoms. The second-order valence-corrected chi connectivity index (χ2v) is 5.16. The van der Waals surface area contributed by atoms with Crippen LogP contribution in [0.25, 0.3) is 0 Å². The van der Waals surface area contributed by atoms with Crippen LogP contribution in [0, 0.1) is 0 Å². The lowest BCUT2D eigenvalue weighted by Crippen LogP contribution is -2.56.